The van der Waals surface area contributed by atoms with E-state index in [1.807, 2.05) is 43.9 Å². The minimum absolute atomic E-state index is 0.0296. The maximum Gasteiger partial charge on any atom is 0.410 e. The van der Waals surface area contributed by atoms with E-state index in [1.54, 1.807) is 0 Å². The minimum atomic E-state index is -0.548. The molecule has 3 aliphatic rings. The molecular weight excluding hydrogens is 640 g/mol. The van der Waals surface area contributed by atoms with Crippen LogP contribution in [0.1, 0.15) is 64.3 Å². The number of ether oxygens (including phenoxy) is 3. The average Bonchev–Trinajstić information content (AvgIpc) is 3.53. The molecule has 270 valence electrons. The summed E-state index contributed by atoms with van der Waals surface area (Å²) in [6, 6.07) is 23.8. The van der Waals surface area contributed by atoms with Gasteiger partial charge in [-0.25, -0.2) is 4.79 Å². The van der Waals surface area contributed by atoms with E-state index in [0.717, 1.165) is 65.4 Å². The van der Waals surface area contributed by atoms with Crippen molar-refractivity contribution in [1.82, 2.24) is 19.8 Å². The third-order valence-electron chi connectivity index (χ3n) is 10.4. The van der Waals surface area contributed by atoms with Gasteiger partial charge >= 0.3 is 12.1 Å². The second kappa shape index (κ2) is 14.6. The van der Waals surface area contributed by atoms with Gasteiger partial charge in [0.1, 0.15) is 30.4 Å². The van der Waals surface area contributed by atoms with Gasteiger partial charge in [0.15, 0.2) is 0 Å². The van der Waals surface area contributed by atoms with Gasteiger partial charge in [0, 0.05) is 60.5 Å². The van der Waals surface area contributed by atoms with E-state index in [1.165, 1.54) is 11.8 Å². The van der Waals surface area contributed by atoms with Crippen molar-refractivity contribution in [2.75, 3.05) is 49.6 Å². The summed E-state index contributed by atoms with van der Waals surface area (Å²) in [6.07, 6.45) is 2.80. The Morgan fingerprint density at radius 1 is 0.922 bits per heavy atom. The zero-order chi connectivity index (χ0) is 35.7. The van der Waals surface area contributed by atoms with Crippen molar-refractivity contribution in [2.45, 2.75) is 90.8 Å². The van der Waals surface area contributed by atoms with Gasteiger partial charge in [-0.1, -0.05) is 54.6 Å². The van der Waals surface area contributed by atoms with Gasteiger partial charge in [-0.2, -0.15) is 9.97 Å². The lowest BCUT2D eigenvalue weighted by Crippen LogP contribution is -2.59. The molecule has 0 aliphatic carbocycles. The van der Waals surface area contributed by atoms with Crippen LogP contribution in [0.2, 0.25) is 0 Å². The molecule has 7 rings (SSSR count). The number of carbonyl (C=O) groups excluding carboxylic acids is 1. The number of amides is 1. The van der Waals surface area contributed by atoms with Crippen LogP contribution in [0.5, 0.6) is 11.8 Å². The summed E-state index contributed by atoms with van der Waals surface area (Å²) in [4.78, 5) is 32.4. The maximum absolute atomic E-state index is 13.2. The van der Waals surface area contributed by atoms with Crippen LogP contribution in [-0.4, -0.2) is 89.4 Å². The standard InChI is InChI=1S/C41H52N6O4/c1-28-24-47(40(48)51-41(3,4)5)29(2)23-46(28)38-35-18-20-45(25-36(35)42-39(43-38)50-27-32-16-12-19-44(32)6)37-22-33(21-31-15-10-11-17-34(31)37)49-26-30-13-8-7-9-14-30/h7-11,13-15,17,21-22,28-29,32H,12,16,18-20,23-27H2,1-6H3/t28-,29+,32-/m0/s1. The van der Waals surface area contributed by atoms with Crippen LogP contribution in [0.3, 0.4) is 0 Å². The molecule has 1 amide bonds. The number of hydrogen-bond donors (Lipinski definition) is 0. The number of nitrogens with zero attached hydrogens (tertiary/aromatic N) is 6. The Morgan fingerprint density at radius 3 is 2.47 bits per heavy atom. The summed E-state index contributed by atoms with van der Waals surface area (Å²) < 4.78 is 18.6. The summed E-state index contributed by atoms with van der Waals surface area (Å²) in [6.45, 7) is 14.7. The highest BCUT2D eigenvalue weighted by atomic mass is 16.6. The fraction of sp³-hybridized carbons (Fsp3) is 0.488. The molecule has 4 aromatic rings. The normalized spacial score (nSPS) is 21.1. The third kappa shape index (κ3) is 7.86. The molecule has 3 atom stereocenters. The van der Waals surface area contributed by atoms with Crippen LogP contribution in [0.4, 0.5) is 16.3 Å². The molecule has 0 saturated carbocycles. The minimum Gasteiger partial charge on any atom is -0.489 e. The lowest BCUT2D eigenvalue weighted by molar-refractivity contribution is 0.0129. The van der Waals surface area contributed by atoms with Gasteiger partial charge in [0.25, 0.3) is 0 Å². The van der Waals surface area contributed by atoms with Crippen LogP contribution in [0.25, 0.3) is 10.8 Å². The number of likely N-dealkylation sites (tertiary alicyclic amines) is 1. The van der Waals surface area contributed by atoms with Crippen molar-refractivity contribution in [2.24, 2.45) is 0 Å². The summed E-state index contributed by atoms with van der Waals surface area (Å²) in [7, 11) is 2.16. The van der Waals surface area contributed by atoms with Crippen LogP contribution >= 0.6 is 0 Å². The number of likely N-dealkylation sites (N-methyl/N-ethyl adjacent to an activating group) is 1. The Morgan fingerprint density at radius 2 is 1.71 bits per heavy atom. The quantitative estimate of drug-likeness (QED) is 0.192. The van der Waals surface area contributed by atoms with Gasteiger partial charge in [0.05, 0.1) is 12.2 Å². The highest BCUT2D eigenvalue weighted by molar-refractivity contribution is 5.96. The lowest BCUT2D eigenvalue weighted by Gasteiger charge is -2.45. The van der Waals surface area contributed by atoms with Crippen LogP contribution in [0, 0.1) is 0 Å². The summed E-state index contributed by atoms with van der Waals surface area (Å²) >= 11 is 0. The summed E-state index contributed by atoms with van der Waals surface area (Å²) in [5.41, 5.74) is 3.85. The number of anilines is 2. The van der Waals surface area contributed by atoms with Gasteiger partial charge < -0.3 is 33.8 Å². The van der Waals surface area contributed by atoms with Gasteiger partial charge in [0.2, 0.25) is 0 Å². The van der Waals surface area contributed by atoms with E-state index < -0.39 is 5.60 Å². The largest absolute Gasteiger partial charge is 0.489 e. The number of benzene rings is 3. The van der Waals surface area contributed by atoms with Crippen molar-refractivity contribution in [1.29, 1.82) is 0 Å². The van der Waals surface area contributed by atoms with Crippen molar-refractivity contribution in [3.05, 3.63) is 83.6 Å². The fourth-order valence-corrected chi connectivity index (χ4v) is 7.60. The monoisotopic (exact) mass is 692 g/mol. The predicted octanol–water partition coefficient (Wildman–Crippen LogP) is 7.08. The van der Waals surface area contributed by atoms with E-state index >= 15 is 0 Å². The second-order valence-corrected chi connectivity index (χ2v) is 15.4. The second-order valence-electron chi connectivity index (χ2n) is 15.4. The summed E-state index contributed by atoms with van der Waals surface area (Å²) in [5, 5.41) is 2.33. The molecule has 0 spiro atoms. The predicted molar refractivity (Wildman–Crippen MR) is 202 cm³/mol. The highest BCUT2D eigenvalue weighted by Gasteiger charge is 2.37. The van der Waals surface area contributed by atoms with E-state index in [-0.39, 0.29) is 18.2 Å². The molecule has 51 heavy (non-hydrogen) atoms. The first-order chi connectivity index (χ1) is 24.5. The molecule has 2 saturated heterocycles. The average molecular weight is 693 g/mol. The van der Waals surface area contributed by atoms with Gasteiger partial charge in [-0.05, 0) is 84.5 Å². The summed E-state index contributed by atoms with van der Waals surface area (Å²) in [5.74, 6) is 1.76. The number of hydrogen-bond acceptors (Lipinski definition) is 9. The number of rotatable bonds is 8. The van der Waals surface area contributed by atoms with Gasteiger partial charge in [-0.3, -0.25) is 0 Å². The number of aromatic nitrogens is 2. The molecule has 0 bridgehead atoms. The van der Waals surface area contributed by atoms with Crippen molar-refractivity contribution < 1.29 is 19.0 Å². The Bertz CT molecular complexity index is 1850. The molecule has 0 radical (unpaired) electrons. The number of fused-ring (bicyclic) bond motifs is 2. The smallest absolute Gasteiger partial charge is 0.410 e. The Balaban J connectivity index is 1.19. The first kappa shape index (κ1) is 34.9. The van der Waals surface area contributed by atoms with Crippen LogP contribution in [0.15, 0.2) is 66.7 Å². The van der Waals surface area contributed by atoms with E-state index in [0.29, 0.717) is 44.9 Å². The zero-order valence-electron chi connectivity index (χ0n) is 31.0. The molecule has 1 aromatic heterocycles. The van der Waals surface area contributed by atoms with E-state index in [4.69, 9.17) is 24.2 Å². The molecule has 10 heteroatoms. The lowest BCUT2D eigenvalue weighted by atomic mass is 10.0. The molecular formula is C41H52N6O4. The fourth-order valence-electron chi connectivity index (χ4n) is 7.60. The molecule has 0 N–H and O–H groups in total. The molecule has 2 fully saturated rings. The highest BCUT2D eigenvalue weighted by Crippen LogP contribution is 2.38. The van der Waals surface area contributed by atoms with Crippen molar-refractivity contribution in [3.8, 4) is 11.8 Å². The molecule has 3 aliphatic heterocycles. The molecule has 3 aromatic carbocycles. The number of carbonyl (C=O) groups is 1. The maximum atomic E-state index is 13.2. The van der Waals surface area contributed by atoms with Gasteiger partial charge in [-0.15, -0.1) is 0 Å². The topological polar surface area (TPSA) is 83.5 Å². The van der Waals surface area contributed by atoms with Crippen LogP contribution in [-0.2, 0) is 24.3 Å². The number of piperazine rings is 1. The Kier molecular flexibility index (Phi) is 9.97. The first-order valence-corrected chi connectivity index (χ1v) is 18.5. The third-order valence-corrected chi connectivity index (χ3v) is 10.4. The Labute approximate surface area is 302 Å². The zero-order valence-corrected chi connectivity index (χ0v) is 31.0. The molecule has 4 heterocycles. The van der Waals surface area contributed by atoms with E-state index in [2.05, 4.69) is 84.1 Å². The van der Waals surface area contributed by atoms with Crippen molar-refractivity contribution >= 4 is 28.4 Å². The SMILES string of the molecule is C[C@@H]1CN(c2nc(OC[C@@H]3CCCN3C)nc3c2CCN(c2cc(OCc4ccccc4)cc4ccccc24)C3)[C@@H](C)CN1C(=O)OC(C)(C)C. The molecule has 0 unspecified atom stereocenters. The van der Waals surface area contributed by atoms with E-state index in [9.17, 15) is 4.79 Å². The molecule has 10 nitrogen and oxygen atoms in total. The first-order valence-electron chi connectivity index (χ1n) is 18.5. The van der Waals surface area contributed by atoms with Crippen molar-refractivity contribution in [3.63, 3.8) is 0 Å². The Hall–Kier alpha value is -4.57. The van der Waals surface area contributed by atoms with Crippen LogP contribution < -0.4 is 19.3 Å².